The van der Waals surface area contributed by atoms with E-state index in [1.54, 1.807) is 0 Å². The largest absolute Gasteiger partial charge is 0.390 e. The topological polar surface area (TPSA) is 29.5 Å². The standard InChI is InChI=1S/C10H18O2/c1-7(2)10-5-4-9(3,12-10)6-8(10)11/h7-8,11H,4-6H2,1-3H3/t8-,9-,10-/m0/s1. The maximum atomic E-state index is 9.88. The van der Waals surface area contributed by atoms with E-state index >= 15 is 0 Å². The van der Waals surface area contributed by atoms with Crippen molar-refractivity contribution in [3.05, 3.63) is 0 Å². The van der Waals surface area contributed by atoms with E-state index in [1.807, 2.05) is 0 Å². The Bertz CT molecular complexity index is 202. The molecule has 0 spiro atoms. The molecule has 70 valence electrons. The average Bonchev–Trinajstić information content (AvgIpc) is 2.39. The Morgan fingerprint density at radius 2 is 2.08 bits per heavy atom. The number of aliphatic hydroxyl groups is 1. The maximum absolute atomic E-state index is 9.88. The van der Waals surface area contributed by atoms with Crippen molar-refractivity contribution in [3.8, 4) is 0 Å². The molecule has 1 N–H and O–H groups in total. The molecular weight excluding hydrogens is 152 g/mol. The summed E-state index contributed by atoms with van der Waals surface area (Å²) in [5.74, 6) is 0.428. The number of rotatable bonds is 1. The normalized spacial score (nSPS) is 52.2. The summed E-state index contributed by atoms with van der Waals surface area (Å²) in [6.45, 7) is 6.40. The smallest absolute Gasteiger partial charge is 0.0972 e. The third kappa shape index (κ3) is 0.882. The van der Waals surface area contributed by atoms with E-state index in [2.05, 4.69) is 20.8 Å². The Morgan fingerprint density at radius 3 is 2.33 bits per heavy atom. The van der Waals surface area contributed by atoms with Gasteiger partial charge in [0, 0.05) is 6.42 Å². The predicted molar refractivity (Wildman–Crippen MR) is 46.9 cm³/mol. The van der Waals surface area contributed by atoms with Crippen molar-refractivity contribution in [2.75, 3.05) is 0 Å². The number of ether oxygens (including phenoxy) is 1. The van der Waals surface area contributed by atoms with Gasteiger partial charge >= 0.3 is 0 Å². The van der Waals surface area contributed by atoms with Gasteiger partial charge < -0.3 is 9.84 Å². The molecule has 0 aromatic carbocycles. The first-order valence-corrected chi connectivity index (χ1v) is 4.87. The Hall–Kier alpha value is -0.0800. The fraction of sp³-hybridized carbons (Fsp3) is 1.00. The molecule has 12 heavy (non-hydrogen) atoms. The molecule has 0 aromatic rings. The van der Waals surface area contributed by atoms with Gasteiger partial charge in [0.15, 0.2) is 0 Å². The molecule has 0 aromatic heterocycles. The van der Waals surface area contributed by atoms with Crippen LogP contribution >= 0.6 is 0 Å². The van der Waals surface area contributed by atoms with E-state index in [0.717, 1.165) is 19.3 Å². The first-order chi connectivity index (χ1) is 5.49. The number of hydrogen-bond donors (Lipinski definition) is 1. The fourth-order valence-corrected chi connectivity index (χ4v) is 2.77. The second-order valence-electron chi connectivity index (χ2n) is 4.88. The fourth-order valence-electron chi connectivity index (χ4n) is 2.77. The maximum Gasteiger partial charge on any atom is 0.0972 e. The van der Waals surface area contributed by atoms with Crippen molar-refractivity contribution in [2.45, 2.75) is 57.3 Å². The molecule has 0 radical (unpaired) electrons. The SMILES string of the molecule is CC(C)[C@@]12CC[C@@](C)(C[C@@H]1O)O2. The third-order valence-electron chi connectivity index (χ3n) is 3.65. The van der Waals surface area contributed by atoms with Crippen LogP contribution in [0.5, 0.6) is 0 Å². The van der Waals surface area contributed by atoms with Crippen LogP contribution in [-0.4, -0.2) is 22.4 Å². The van der Waals surface area contributed by atoms with E-state index in [1.165, 1.54) is 0 Å². The zero-order valence-electron chi connectivity index (χ0n) is 8.13. The summed E-state index contributed by atoms with van der Waals surface area (Å²) in [6.07, 6.45) is 2.73. The highest BCUT2D eigenvalue weighted by Gasteiger charge is 2.60. The molecule has 2 aliphatic heterocycles. The van der Waals surface area contributed by atoms with Crippen LogP contribution in [0.2, 0.25) is 0 Å². The van der Waals surface area contributed by atoms with Crippen molar-refractivity contribution in [2.24, 2.45) is 5.92 Å². The Kier molecular flexibility index (Phi) is 1.59. The Morgan fingerprint density at radius 1 is 1.42 bits per heavy atom. The molecule has 2 heterocycles. The second kappa shape index (κ2) is 2.24. The number of fused-ring (bicyclic) bond motifs is 2. The molecule has 0 unspecified atom stereocenters. The lowest BCUT2D eigenvalue weighted by Crippen LogP contribution is -2.43. The highest BCUT2D eigenvalue weighted by Crippen LogP contribution is 2.53. The lowest BCUT2D eigenvalue weighted by Gasteiger charge is -2.33. The van der Waals surface area contributed by atoms with Gasteiger partial charge in [-0.05, 0) is 25.7 Å². The summed E-state index contributed by atoms with van der Waals surface area (Å²) in [7, 11) is 0. The molecular formula is C10H18O2. The summed E-state index contributed by atoms with van der Waals surface area (Å²) < 4.78 is 5.97. The van der Waals surface area contributed by atoms with Crippen LogP contribution in [0, 0.1) is 5.92 Å². The quantitative estimate of drug-likeness (QED) is 0.649. The summed E-state index contributed by atoms with van der Waals surface area (Å²) in [5.41, 5.74) is -0.238. The third-order valence-corrected chi connectivity index (χ3v) is 3.65. The van der Waals surface area contributed by atoms with Crippen LogP contribution in [0.15, 0.2) is 0 Å². The number of aliphatic hydroxyl groups excluding tert-OH is 1. The zero-order chi connectivity index (χ0) is 8.98. The van der Waals surface area contributed by atoms with Gasteiger partial charge in [0.05, 0.1) is 17.3 Å². The van der Waals surface area contributed by atoms with Gasteiger partial charge in [0.2, 0.25) is 0 Å². The molecule has 2 fully saturated rings. The molecule has 2 heteroatoms. The Balaban J connectivity index is 2.28. The average molecular weight is 170 g/mol. The summed E-state index contributed by atoms with van der Waals surface area (Å²) in [5, 5.41) is 9.88. The van der Waals surface area contributed by atoms with Crippen molar-refractivity contribution in [3.63, 3.8) is 0 Å². The molecule has 3 atom stereocenters. The Labute approximate surface area is 73.9 Å². The van der Waals surface area contributed by atoms with Crippen molar-refractivity contribution < 1.29 is 9.84 Å². The molecule has 2 saturated heterocycles. The van der Waals surface area contributed by atoms with Gasteiger partial charge in [-0.1, -0.05) is 13.8 Å². The lowest BCUT2D eigenvalue weighted by atomic mass is 9.75. The number of hydrogen-bond acceptors (Lipinski definition) is 2. The summed E-state index contributed by atoms with van der Waals surface area (Å²) in [6, 6.07) is 0. The van der Waals surface area contributed by atoms with E-state index in [9.17, 15) is 5.11 Å². The molecule has 0 saturated carbocycles. The molecule has 2 nitrogen and oxygen atoms in total. The van der Waals surface area contributed by atoms with Crippen LogP contribution < -0.4 is 0 Å². The van der Waals surface area contributed by atoms with Gasteiger partial charge in [-0.25, -0.2) is 0 Å². The van der Waals surface area contributed by atoms with Gasteiger partial charge in [-0.3, -0.25) is 0 Å². The van der Waals surface area contributed by atoms with Crippen molar-refractivity contribution >= 4 is 0 Å². The highest BCUT2D eigenvalue weighted by molar-refractivity contribution is 5.09. The minimum atomic E-state index is -0.240. The minimum Gasteiger partial charge on any atom is -0.390 e. The monoisotopic (exact) mass is 170 g/mol. The summed E-state index contributed by atoms with van der Waals surface area (Å²) >= 11 is 0. The first-order valence-electron chi connectivity index (χ1n) is 4.87. The summed E-state index contributed by atoms with van der Waals surface area (Å²) in [4.78, 5) is 0. The predicted octanol–water partition coefficient (Wildman–Crippen LogP) is 1.71. The van der Waals surface area contributed by atoms with E-state index < -0.39 is 0 Å². The zero-order valence-corrected chi connectivity index (χ0v) is 8.13. The van der Waals surface area contributed by atoms with E-state index in [0.29, 0.717) is 5.92 Å². The van der Waals surface area contributed by atoms with Crippen molar-refractivity contribution in [1.82, 2.24) is 0 Å². The molecule has 2 rings (SSSR count). The van der Waals surface area contributed by atoms with Crippen LogP contribution in [0.3, 0.4) is 0 Å². The van der Waals surface area contributed by atoms with Crippen molar-refractivity contribution in [1.29, 1.82) is 0 Å². The molecule has 2 aliphatic rings. The van der Waals surface area contributed by atoms with Gasteiger partial charge in [0.25, 0.3) is 0 Å². The van der Waals surface area contributed by atoms with Crippen LogP contribution in [0.1, 0.15) is 40.0 Å². The van der Waals surface area contributed by atoms with Crippen LogP contribution in [-0.2, 0) is 4.74 Å². The van der Waals surface area contributed by atoms with Gasteiger partial charge in [-0.15, -0.1) is 0 Å². The van der Waals surface area contributed by atoms with Gasteiger partial charge in [-0.2, -0.15) is 0 Å². The van der Waals surface area contributed by atoms with E-state index in [4.69, 9.17) is 4.74 Å². The minimum absolute atomic E-state index is 0.0241. The lowest BCUT2D eigenvalue weighted by molar-refractivity contribution is -0.0973. The van der Waals surface area contributed by atoms with Crippen LogP contribution in [0.4, 0.5) is 0 Å². The van der Waals surface area contributed by atoms with Crippen LogP contribution in [0.25, 0.3) is 0 Å². The molecule has 2 bridgehead atoms. The second-order valence-corrected chi connectivity index (χ2v) is 4.88. The van der Waals surface area contributed by atoms with Gasteiger partial charge in [0.1, 0.15) is 0 Å². The molecule has 0 aliphatic carbocycles. The first kappa shape index (κ1) is 8.52. The highest BCUT2D eigenvalue weighted by atomic mass is 16.6. The molecule has 0 amide bonds. The van der Waals surface area contributed by atoms with E-state index in [-0.39, 0.29) is 17.3 Å².